The Bertz CT molecular complexity index is 1020. The number of carbonyl (C=O) groups excluding carboxylic acids is 2. The number of carbonyl (C=O) groups is 2. The first kappa shape index (κ1) is 24.9. The van der Waals surface area contributed by atoms with E-state index in [-0.39, 0.29) is 18.9 Å². The molecular weight excluding hydrogens is 469 g/mol. The number of methoxy groups -OCH3 is 1. The summed E-state index contributed by atoms with van der Waals surface area (Å²) in [6.45, 7) is -0.0335. The van der Waals surface area contributed by atoms with Crippen molar-refractivity contribution in [3.63, 3.8) is 0 Å². The maximum absolute atomic E-state index is 12.4. The first-order chi connectivity index (χ1) is 15.9. The second-order valence-corrected chi connectivity index (χ2v) is 8.15. The van der Waals surface area contributed by atoms with Crippen LogP contribution in [0, 0.1) is 0 Å². The number of para-hydroxylation sites is 2. The summed E-state index contributed by atoms with van der Waals surface area (Å²) in [6.07, 6.45) is 2.23. The lowest BCUT2D eigenvalue weighted by Gasteiger charge is -2.31. The predicted molar refractivity (Wildman–Crippen MR) is 127 cm³/mol. The summed E-state index contributed by atoms with van der Waals surface area (Å²) < 4.78 is 11.0. The number of hydrogen-bond acceptors (Lipinski definition) is 5. The molecule has 3 amide bonds. The van der Waals surface area contributed by atoms with Gasteiger partial charge in [-0.05, 0) is 29.8 Å². The normalized spacial score (nSPS) is 19.6. The van der Waals surface area contributed by atoms with Crippen LogP contribution in [0.4, 0.5) is 10.5 Å². The van der Waals surface area contributed by atoms with Gasteiger partial charge in [0.15, 0.2) is 0 Å². The number of aliphatic hydroxyl groups excluding tert-OH is 1. The van der Waals surface area contributed by atoms with Crippen molar-refractivity contribution < 1.29 is 24.2 Å². The number of rotatable bonds is 8. The predicted octanol–water partition coefficient (Wildman–Crippen LogP) is 3.51. The van der Waals surface area contributed by atoms with Crippen LogP contribution >= 0.6 is 23.2 Å². The van der Waals surface area contributed by atoms with Crippen LogP contribution in [0.5, 0.6) is 5.75 Å². The average Bonchev–Trinajstić information content (AvgIpc) is 2.81. The van der Waals surface area contributed by atoms with E-state index in [2.05, 4.69) is 16.0 Å². The summed E-state index contributed by atoms with van der Waals surface area (Å²) in [5.74, 6) is 0.293. The fraction of sp³-hybridized carbons (Fsp3) is 0.304. The highest BCUT2D eigenvalue weighted by atomic mass is 35.5. The van der Waals surface area contributed by atoms with Crippen molar-refractivity contribution in [2.24, 2.45) is 0 Å². The second kappa shape index (κ2) is 11.9. The van der Waals surface area contributed by atoms with Crippen LogP contribution in [0.15, 0.2) is 54.6 Å². The molecule has 0 saturated heterocycles. The quantitative estimate of drug-likeness (QED) is 0.420. The number of urea groups is 1. The molecule has 2 aromatic carbocycles. The maximum atomic E-state index is 12.4. The zero-order valence-corrected chi connectivity index (χ0v) is 19.4. The summed E-state index contributed by atoms with van der Waals surface area (Å²) in [5.41, 5.74) is 1.33. The molecular formula is C23H25Cl2N3O5. The van der Waals surface area contributed by atoms with Crippen molar-refractivity contribution >= 4 is 40.8 Å². The topological polar surface area (TPSA) is 109 Å². The third kappa shape index (κ3) is 7.10. The fourth-order valence-corrected chi connectivity index (χ4v) is 3.62. The molecule has 0 fully saturated rings. The zero-order chi connectivity index (χ0) is 23.8. The van der Waals surface area contributed by atoms with Gasteiger partial charge in [0.05, 0.1) is 48.0 Å². The Kier molecular flexibility index (Phi) is 8.96. The Morgan fingerprint density at radius 1 is 1.12 bits per heavy atom. The first-order valence-corrected chi connectivity index (χ1v) is 11.0. The molecule has 0 radical (unpaired) electrons. The number of hydrogen-bond donors (Lipinski definition) is 4. The lowest BCUT2D eigenvalue weighted by Crippen LogP contribution is -2.50. The summed E-state index contributed by atoms with van der Waals surface area (Å²) >= 11 is 11.9. The lowest BCUT2D eigenvalue weighted by atomic mass is 10.0. The van der Waals surface area contributed by atoms with Gasteiger partial charge in [0, 0.05) is 6.54 Å². The maximum Gasteiger partial charge on any atom is 0.319 e. The standard InChI is InChI=1S/C23H25Cl2N3O5/c1-32-20-5-3-2-4-18(20)27-23(31)28-19-9-7-15(33-21(19)13-29)11-22(30)26-12-14-6-8-16(24)17(25)10-14/h2-10,15,19,21,29H,11-13H2,1H3,(H,26,30)(H2,27,28,31)/t15-,19-,21+/m0/s1. The molecule has 2 aromatic rings. The molecule has 0 aromatic heterocycles. The van der Waals surface area contributed by atoms with Gasteiger partial charge in [-0.25, -0.2) is 4.79 Å². The van der Waals surface area contributed by atoms with Gasteiger partial charge in [0.25, 0.3) is 0 Å². The van der Waals surface area contributed by atoms with E-state index in [0.29, 0.717) is 28.0 Å². The minimum absolute atomic E-state index is 0.0639. The van der Waals surface area contributed by atoms with Crippen LogP contribution in [-0.4, -0.2) is 49.0 Å². The molecule has 0 aliphatic carbocycles. The summed E-state index contributed by atoms with van der Waals surface area (Å²) in [4.78, 5) is 24.7. The van der Waals surface area contributed by atoms with Gasteiger partial charge >= 0.3 is 6.03 Å². The van der Waals surface area contributed by atoms with Gasteiger partial charge in [-0.1, -0.05) is 53.6 Å². The molecule has 0 unspecified atom stereocenters. The van der Waals surface area contributed by atoms with Crippen LogP contribution < -0.4 is 20.7 Å². The van der Waals surface area contributed by atoms with Crippen molar-refractivity contribution in [2.45, 2.75) is 31.2 Å². The lowest BCUT2D eigenvalue weighted by molar-refractivity contribution is -0.125. The van der Waals surface area contributed by atoms with Crippen LogP contribution in [0.2, 0.25) is 10.0 Å². The Morgan fingerprint density at radius 3 is 2.64 bits per heavy atom. The highest BCUT2D eigenvalue weighted by Crippen LogP contribution is 2.24. The van der Waals surface area contributed by atoms with Gasteiger partial charge in [0.2, 0.25) is 5.91 Å². The molecule has 0 saturated carbocycles. The summed E-state index contributed by atoms with van der Waals surface area (Å²) in [7, 11) is 1.51. The van der Waals surface area contributed by atoms with E-state index in [1.807, 2.05) is 0 Å². The largest absolute Gasteiger partial charge is 0.495 e. The number of ether oxygens (including phenoxy) is 2. The molecule has 0 bridgehead atoms. The van der Waals surface area contributed by atoms with Crippen molar-refractivity contribution in [3.8, 4) is 5.75 Å². The number of benzene rings is 2. The molecule has 3 atom stereocenters. The number of aliphatic hydroxyl groups is 1. The van der Waals surface area contributed by atoms with Crippen molar-refractivity contribution in [1.82, 2.24) is 10.6 Å². The van der Waals surface area contributed by atoms with Gasteiger partial charge < -0.3 is 30.5 Å². The molecule has 3 rings (SSSR count). The number of amides is 3. The van der Waals surface area contributed by atoms with Gasteiger partial charge in [-0.2, -0.15) is 0 Å². The highest BCUT2D eigenvalue weighted by molar-refractivity contribution is 6.42. The smallest absolute Gasteiger partial charge is 0.319 e. The third-order valence-electron chi connectivity index (χ3n) is 4.98. The molecule has 33 heavy (non-hydrogen) atoms. The van der Waals surface area contributed by atoms with E-state index in [4.69, 9.17) is 32.7 Å². The Morgan fingerprint density at radius 2 is 1.91 bits per heavy atom. The van der Waals surface area contributed by atoms with Crippen LogP contribution in [0.3, 0.4) is 0 Å². The van der Waals surface area contributed by atoms with E-state index in [1.165, 1.54) is 7.11 Å². The molecule has 1 aliphatic rings. The molecule has 10 heteroatoms. The summed E-state index contributed by atoms with van der Waals surface area (Å²) in [6, 6.07) is 11.1. The van der Waals surface area contributed by atoms with E-state index in [1.54, 1.807) is 54.6 Å². The van der Waals surface area contributed by atoms with Gasteiger partial charge in [-0.15, -0.1) is 0 Å². The number of anilines is 1. The molecule has 8 nitrogen and oxygen atoms in total. The SMILES string of the molecule is COc1ccccc1NC(=O)N[C@H]1C=C[C@@H](CC(=O)NCc2ccc(Cl)c(Cl)c2)O[C@@H]1CO. The van der Waals surface area contributed by atoms with E-state index < -0.39 is 24.3 Å². The van der Waals surface area contributed by atoms with Crippen molar-refractivity contribution in [2.75, 3.05) is 19.0 Å². The van der Waals surface area contributed by atoms with E-state index >= 15 is 0 Å². The van der Waals surface area contributed by atoms with Crippen molar-refractivity contribution in [3.05, 3.63) is 70.2 Å². The van der Waals surface area contributed by atoms with Crippen LogP contribution in [0.25, 0.3) is 0 Å². The van der Waals surface area contributed by atoms with E-state index in [9.17, 15) is 14.7 Å². The van der Waals surface area contributed by atoms with Gasteiger partial charge in [0.1, 0.15) is 11.9 Å². The third-order valence-corrected chi connectivity index (χ3v) is 5.72. The summed E-state index contributed by atoms with van der Waals surface area (Å²) in [5, 5.41) is 18.8. The van der Waals surface area contributed by atoms with Crippen molar-refractivity contribution in [1.29, 1.82) is 0 Å². The number of nitrogens with one attached hydrogen (secondary N) is 3. The Labute approximate surface area is 201 Å². The van der Waals surface area contributed by atoms with Crippen LogP contribution in [0.1, 0.15) is 12.0 Å². The average molecular weight is 494 g/mol. The minimum Gasteiger partial charge on any atom is -0.495 e. The molecule has 1 heterocycles. The molecule has 1 aliphatic heterocycles. The molecule has 0 spiro atoms. The number of halogens is 2. The first-order valence-electron chi connectivity index (χ1n) is 10.3. The fourth-order valence-electron chi connectivity index (χ4n) is 3.30. The van der Waals surface area contributed by atoms with E-state index in [0.717, 1.165) is 5.56 Å². The van der Waals surface area contributed by atoms with Crippen LogP contribution in [-0.2, 0) is 16.1 Å². The van der Waals surface area contributed by atoms with Gasteiger partial charge in [-0.3, -0.25) is 4.79 Å². The second-order valence-electron chi connectivity index (χ2n) is 7.33. The highest BCUT2D eigenvalue weighted by Gasteiger charge is 2.29. The Balaban J connectivity index is 1.51. The minimum atomic E-state index is -0.703. The zero-order valence-electron chi connectivity index (χ0n) is 17.9. The molecule has 176 valence electrons. The monoisotopic (exact) mass is 493 g/mol. The Hall–Kier alpha value is -2.78. The molecule has 4 N–H and O–H groups in total.